The van der Waals surface area contributed by atoms with Crippen LogP contribution in [0.3, 0.4) is 0 Å². The summed E-state index contributed by atoms with van der Waals surface area (Å²) in [5.41, 5.74) is 0.269. The first-order chi connectivity index (χ1) is 14.2. The van der Waals surface area contributed by atoms with Crippen molar-refractivity contribution in [2.24, 2.45) is 0 Å². The van der Waals surface area contributed by atoms with Crippen molar-refractivity contribution >= 4 is 17.6 Å². The maximum absolute atomic E-state index is 13.8. The van der Waals surface area contributed by atoms with Crippen LogP contribution in [-0.4, -0.2) is 52.1 Å². The largest absolute Gasteiger partial charge is 0.511 e. The van der Waals surface area contributed by atoms with E-state index in [4.69, 9.17) is 5.41 Å². The molecule has 7 nitrogen and oxygen atoms in total. The molecular weight excluding hydrogens is 397 g/mol. The van der Waals surface area contributed by atoms with Gasteiger partial charge < -0.3 is 21.1 Å². The molecule has 0 spiro atoms. The third kappa shape index (κ3) is 6.45. The van der Waals surface area contributed by atoms with Gasteiger partial charge >= 0.3 is 0 Å². The predicted molar refractivity (Wildman–Crippen MR) is 112 cm³/mol. The molecule has 0 amide bonds. The summed E-state index contributed by atoms with van der Waals surface area (Å²) >= 11 is 0. The van der Waals surface area contributed by atoms with Gasteiger partial charge in [0.05, 0.1) is 5.57 Å². The number of allylic oxidation sites excluding steroid dienone is 3. The maximum Gasteiger partial charge on any atom is 0.251 e. The Kier molecular flexibility index (Phi) is 8.22. The van der Waals surface area contributed by atoms with Crippen LogP contribution in [0.4, 0.5) is 24.8 Å². The van der Waals surface area contributed by atoms with Gasteiger partial charge in [-0.05, 0) is 26.8 Å². The molecule has 30 heavy (non-hydrogen) atoms. The molecule has 1 saturated carbocycles. The lowest BCUT2D eigenvalue weighted by Gasteiger charge is -2.36. The predicted octanol–water partition coefficient (Wildman–Crippen LogP) is 3.97. The van der Waals surface area contributed by atoms with E-state index in [1.165, 1.54) is 18.5 Å². The summed E-state index contributed by atoms with van der Waals surface area (Å²) in [6.07, 6.45) is 3.66. The second kappa shape index (κ2) is 10.4. The lowest BCUT2D eigenvalue weighted by molar-refractivity contribution is -0.0935. The Morgan fingerprint density at radius 1 is 1.27 bits per heavy atom. The standard InChI is InChI=1S/C20H29F3N6O/c1-4-25-18-15(19(26-5-2)28-11-27-18)8-16(30)14(17(21)24)7-6-12(3)29-13-9-20(22,23)10-13/h6-7,11-13,24,29-30H,4-5,8-10H2,1-3H3,(H2,25,26,27,28)/b7-6-,16-14?,24-17?. The van der Waals surface area contributed by atoms with Crippen LogP contribution in [0.2, 0.25) is 0 Å². The van der Waals surface area contributed by atoms with Crippen molar-refractivity contribution in [3.8, 4) is 0 Å². The van der Waals surface area contributed by atoms with E-state index in [9.17, 15) is 18.3 Å². The average molecular weight is 426 g/mol. The summed E-state index contributed by atoms with van der Waals surface area (Å²) in [6.45, 7) is 6.71. The Hall–Kier alpha value is -2.62. The fourth-order valence-electron chi connectivity index (χ4n) is 3.22. The highest BCUT2D eigenvalue weighted by atomic mass is 19.3. The van der Waals surface area contributed by atoms with E-state index in [0.717, 1.165) is 0 Å². The maximum atomic E-state index is 13.8. The fourth-order valence-corrected chi connectivity index (χ4v) is 3.22. The van der Waals surface area contributed by atoms with Crippen LogP contribution in [0.5, 0.6) is 0 Å². The molecule has 10 heteroatoms. The number of hydrogen-bond acceptors (Lipinski definition) is 7. The smallest absolute Gasteiger partial charge is 0.251 e. The van der Waals surface area contributed by atoms with E-state index in [0.29, 0.717) is 30.3 Å². The molecule has 1 atom stereocenters. The van der Waals surface area contributed by atoms with Gasteiger partial charge in [0, 0.05) is 50.0 Å². The summed E-state index contributed by atoms with van der Waals surface area (Å²) in [6, 6.07) is -0.639. The normalized spacial score (nSPS) is 17.9. The van der Waals surface area contributed by atoms with Crippen LogP contribution in [-0.2, 0) is 6.42 Å². The van der Waals surface area contributed by atoms with Gasteiger partial charge in [0.1, 0.15) is 23.7 Å². The first kappa shape index (κ1) is 23.7. The van der Waals surface area contributed by atoms with Gasteiger partial charge in [-0.2, -0.15) is 4.39 Å². The number of nitrogens with zero attached hydrogens (tertiary/aromatic N) is 2. The molecule has 1 fully saturated rings. The number of alkyl halides is 2. The van der Waals surface area contributed by atoms with Crippen molar-refractivity contribution in [1.82, 2.24) is 15.3 Å². The first-order valence-electron chi connectivity index (χ1n) is 9.97. The average Bonchev–Trinajstić information content (AvgIpc) is 2.63. The molecule has 1 aromatic rings. The summed E-state index contributed by atoms with van der Waals surface area (Å²) in [5.74, 6) is -3.26. The Labute approximate surface area is 174 Å². The molecule has 166 valence electrons. The van der Waals surface area contributed by atoms with Gasteiger partial charge in [-0.25, -0.2) is 18.7 Å². The zero-order valence-corrected chi connectivity index (χ0v) is 17.4. The van der Waals surface area contributed by atoms with Crippen LogP contribution in [0.25, 0.3) is 0 Å². The number of aliphatic hydroxyl groups excluding tert-OH is 1. The molecule has 0 radical (unpaired) electrons. The Balaban J connectivity index is 2.19. The molecular formula is C20H29F3N6O. The van der Waals surface area contributed by atoms with Gasteiger partial charge in [0.25, 0.3) is 5.92 Å². The van der Waals surface area contributed by atoms with Crippen molar-refractivity contribution in [2.45, 2.75) is 58.0 Å². The zero-order valence-electron chi connectivity index (χ0n) is 17.4. The van der Waals surface area contributed by atoms with Crippen LogP contribution in [0.1, 0.15) is 39.2 Å². The molecule has 1 aromatic heterocycles. The van der Waals surface area contributed by atoms with Gasteiger partial charge in [0.2, 0.25) is 5.97 Å². The zero-order chi connectivity index (χ0) is 22.3. The van der Waals surface area contributed by atoms with Crippen molar-refractivity contribution in [2.75, 3.05) is 23.7 Å². The van der Waals surface area contributed by atoms with Gasteiger partial charge in [-0.3, -0.25) is 5.41 Å². The van der Waals surface area contributed by atoms with Gasteiger partial charge in [-0.15, -0.1) is 0 Å². The third-order valence-electron chi connectivity index (χ3n) is 4.67. The van der Waals surface area contributed by atoms with Crippen LogP contribution in [0.15, 0.2) is 29.8 Å². The molecule has 2 rings (SSSR count). The summed E-state index contributed by atoms with van der Waals surface area (Å²) in [5, 5.41) is 27.1. The van der Waals surface area contributed by atoms with E-state index in [2.05, 4.69) is 25.9 Å². The van der Waals surface area contributed by atoms with Crippen molar-refractivity contribution in [3.05, 3.63) is 35.4 Å². The highest BCUT2D eigenvalue weighted by molar-refractivity contribution is 5.93. The number of rotatable bonds is 11. The van der Waals surface area contributed by atoms with Crippen LogP contribution in [0, 0.1) is 5.41 Å². The number of anilines is 2. The number of hydrogen-bond donors (Lipinski definition) is 5. The summed E-state index contributed by atoms with van der Waals surface area (Å²) in [4.78, 5) is 8.34. The second-order valence-corrected chi connectivity index (χ2v) is 7.24. The molecule has 5 N–H and O–H groups in total. The number of aliphatic hydroxyl groups is 1. The van der Waals surface area contributed by atoms with E-state index in [-0.39, 0.29) is 42.7 Å². The van der Waals surface area contributed by atoms with E-state index in [1.807, 2.05) is 13.8 Å². The van der Waals surface area contributed by atoms with E-state index >= 15 is 0 Å². The second-order valence-electron chi connectivity index (χ2n) is 7.24. The molecule has 1 heterocycles. The first-order valence-corrected chi connectivity index (χ1v) is 9.97. The SMILES string of the molecule is CCNc1ncnc(NCC)c1CC(O)=C(/C=C\C(C)NC1CC(F)(F)C1)C(=N)F. The topological polar surface area (TPSA) is 106 Å². The highest BCUT2D eigenvalue weighted by Crippen LogP contribution is 2.37. The van der Waals surface area contributed by atoms with Crippen LogP contribution < -0.4 is 16.0 Å². The third-order valence-corrected chi connectivity index (χ3v) is 4.67. The molecule has 1 aliphatic rings. The molecule has 0 saturated heterocycles. The molecule has 0 bridgehead atoms. The fraction of sp³-hybridized carbons (Fsp3) is 0.550. The highest BCUT2D eigenvalue weighted by Gasteiger charge is 2.45. The molecule has 1 aliphatic carbocycles. The number of aromatic nitrogens is 2. The van der Waals surface area contributed by atoms with Crippen molar-refractivity contribution in [1.29, 1.82) is 5.41 Å². The lowest BCUT2D eigenvalue weighted by atomic mass is 9.87. The monoisotopic (exact) mass is 426 g/mol. The van der Waals surface area contributed by atoms with E-state index < -0.39 is 11.9 Å². The molecule has 0 aliphatic heterocycles. The minimum Gasteiger partial charge on any atom is -0.511 e. The van der Waals surface area contributed by atoms with E-state index in [1.54, 1.807) is 6.92 Å². The number of halogens is 3. The number of nitrogens with one attached hydrogen (secondary N) is 4. The van der Waals surface area contributed by atoms with Gasteiger partial charge in [-0.1, -0.05) is 6.08 Å². The minimum absolute atomic E-state index is 0.0891. The lowest BCUT2D eigenvalue weighted by Crippen LogP contribution is -2.50. The Morgan fingerprint density at radius 2 is 1.83 bits per heavy atom. The van der Waals surface area contributed by atoms with Gasteiger partial charge in [0.15, 0.2) is 0 Å². The quantitative estimate of drug-likeness (QED) is 0.208. The Morgan fingerprint density at radius 3 is 2.30 bits per heavy atom. The molecule has 1 unspecified atom stereocenters. The Bertz CT molecular complexity index is 779. The summed E-state index contributed by atoms with van der Waals surface area (Å²) < 4.78 is 39.7. The van der Waals surface area contributed by atoms with Crippen molar-refractivity contribution in [3.63, 3.8) is 0 Å². The van der Waals surface area contributed by atoms with Crippen LogP contribution >= 0.6 is 0 Å². The summed E-state index contributed by atoms with van der Waals surface area (Å²) in [7, 11) is 0. The molecule has 0 aromatic carbocycles. The minimum atomic E-state index is -2.63. The van der Waals surface area contributed by atoms with Crippen molar-refractivity contribution < 1.29 is 18.3 Å².